The number of nitrogens with one attached hydrogen (secondary N) is 1. The van der Waals surface area contributed by atoms with E-state index in [0.717, 1.165) is 44.7 Å². The quantitative estimate of drug-likeness (QED) is 0.393. The van der Waals surface area contributed by atoms with Gasteiger partial charge in [-0.1, -0.05) is 26.2 Å². The molecule has 0 aromatic rings. The maximum atomic E-state index is 12.7. The number of aliphatic imine (C=N–C) groups is 1. The minimum Gasteiger partial charge on any atom is -0.357 e. The predicted octanol–water partition coefficient (Wildman–Crippen LogP) is 2.80. The van der Waals surface area contributed by atoms with Crippen molar-refractivity contribution in [2.24, 2.45) is 10.4 Å². The van der Waals surface area contributed by atoms with Crippen LogP contribution >= 0.6 is 24.0 Å². The number of guanidine groups is 1. The van der Waals surface area contributed by atoms with E-state index in [9.17, 15) is 8.42 Å². The zero-order chi connectivity index (χ0) is 16.6. The first-order chi connectivity index (χ1) is 10.9. The van der Waals surface area contributed by atoms with Gasteiger partial charge in [-0.05, 0) is 38.0 Å². The van der Waals surface area contributed by atoms with Gasteiger partial charge in [-0.3, -0.25) is 4.99 Å². The number of rotatable bonds is 3. The number of hydrogen-bond donors (Lipinski definition) is 1. The predicted molar refractivity (Wildman–Crippen MR) is 110 cm³/mol. The zero-order valence-electron chi connectivity index (χ0n) is 15.0. The molecule has 2 saturated carbocycles. The zero-order valence-corrected chi connectivity index (χ0v) is 18.2. The summed E-state index contributed by atoms with van der Waals surface area (Å²) in [7, 11) is -2.98. The number of sulfone groups is 1. The summed E-state index contributed by atoms with van der Waals surface area (Å²) in [5, 5.41) is 3.38. The maximum Gasteiger partial charge on any atom is 0.194 e. The molecule has 3 fully saturated rings. The Morgan fingerprint density at radius 2 is 1.83 bits per heavy atom. The van der Waals surface area contributed by atoms with Crippen molar-refractivity contribution in [1.29, 1.82) is 0 Å². The average Bonchev–Trinajstić information content (AvgIpc) is 3.26. The van der Waals surface area contributed by atoms with Gasteiger partial charge in [0.25, 0.3) is 0 Å². The van der Waals surface area contributed by atoms with E-state index in [0.29, 0.717) is 18.5 Å². The lowest BCUT2D eigenvalue weighted by atomic mass is 9.87. The van der Waals surface area contributed by atoms with Crippen LogP contribution in [0.3, 0.4) is 0 Å². The summed E-state index contributed by atoms with van der Waals surface area (Å²) in [6.07, 6.45) is 7.41. The van der Waals surface area contributed by atoms with Crippen LogP contribution in [-0.2, 0) is 9.84 Å². The van der Waals surface area contributed by atoms with Gasteiger partial charge in [-0.2, -0.15) is 0 Å². The lowest BCUT2D eigenvalue weighted by Gasteiger charge is -2.45. The highest BCUT2D eigenvalue weighted by atomic mass is 127. The van der Waals surface area contributed by atoms with Crippen molar-refractivity contribution in [2.45, 2.75) is 63.5 Å². The Morgan fingerprint density at radius 3 is 2.42 bits per heavy atom. The van der Waals surface area contributed by atoms with Crippen LogP contribution in [0.4, 0.5) is 0 Å². The third kappa shape index (κ3) is 4.19. The number of hydrogen-bond acceptors (Lipinski definition) is 3. The van der Waals surface area contributed by atoms with Crippen molar-refractivity contribution in [3.8, 4) is 0 Å². The average molecular weight is 469 g/mol. The van der Waals surface area contributed by atoms with Crippen molar-refractivity contribution >= 4 is 39.8 Å². The molecule has 0 radical (unpaired) electrons. The van der Waals surface area contributed by atoms with Gasteiger partial charge in [0.15, 0.2) is 15.8 Å². The Labute approximate surface area is 164 Å². The summed E-state index contributed by atoms with van der Waals surface area (Å²) >= 11 is 0. The van der Waals surface area contributed by atoms with Crippen LogP contribution in [0, 0.1) is 5.41 Å². The summed E-state index contributed by atoms with van der Waals surface area (Å²) in [6.45, 7) is 7.23. The Balaban J connectivity index is 0.00000208. The van der Waals surface area contributed by atoms with Gasteiger partial charge >= 0.3 is 0 Å². The summed E-state index contributed by atoms with van der Waals surface area (Å²) < 4.78 is 24.9. The second kappa shape index (κ2) is 7.68. The fourth-order valence-corrected chi connectivity index (χ4v) is 6.04. The van der Waals surface area contributed by atoms with Crippen LogP contribution in [0.25, 0.3) is 0 Å². The fraction of sp³-hybridized carbons (Fsp3) is 0.941. The topological polar surface area (TPSA) is 61.8 Å². The molecule has 0 aromatic heterocycles. The Morgan fingerprint density at radius 1 is 1.17 bits per heavy atom. The van der Waals surface area contributed by atoms with Crippen LogP contribution in [0.1, 0.15) is 58.8 Å². The van der Waals surface area contributed by atoms with Crippen molar-refractivity contribution in [1.82, 2.24) is 10.2 Å². The van der Waals surface area contributed by atoms with Gasteiger partial charge in [0.2, 0.25) is 0 Å². The maximum absolute atomic E-state index is 12.7. The molecule has 7 heteroatoms. The van der Waals surface area contributed by atoms with E-state index >= 15 is 0 Å². The second-order valence-corrected chi connectivity index (χ2v) is 10.5. The molecule has 5 nitrogen and oxygen atoms in total. The molecular formula is C17H32IN3O2S. The SMILES string of the molecule is CCNC(=NCC1(C)CC1)N1CCS(=O)(=O)C2(CCCCC2)C1.I. The van der Waals surface area contributed by atoms with E-state index in [1.807, 2.05) is 0 Å². The summed E-state index contributed by atoms with van der Waals surface area (Å²) in [6, 6.07) is 0. The minimum atomic E-state index is -2.98. The molecule has 3 rings (SSSR count). The summed E-state index contributed by atoms with van der Waals surface area (Å²) in [4.78, 5) is 7.04. The minimum absolute atomic E-state index is 0. The molecule has 140 valence electrons. The molecule has 1 spiro atoms. The van der Waals surface area contributed by atoms with Gasteiger partial charge in [-0.15, -0.1) is 24.0 Å². The molecule has 1 aliphatic heterocycles. The van der Waals surface area contributed by atoms with Crippen molar-refractivity contribution in [3.63, 3.8) is 0 Å². The molecule has 24 heavy (non-hydrogen) atoms. The molecule has 1 saturated heterocycles. The van der Waals surface area contributed by atoms with E-state index in [4.69, 9.17) is 4.99 Å². The Bertz CT molecular complexity index is 566. The molecule has 1 heterocycles. The van der Waals surface area contributed by atoms with Crippen LogP contribution in [0.15, 0.2) is 4.99 Å². The van der Waals surface area contributed by atoms with Crippen molar-refractivity contribution in [3.05, 3.63) is 0 Å². The Kier molecular flexibility index (Phi) is 6.48. The van der Waals surface area contributed by atoms with Crippen LogP contribution in [0.5, 0.6) is 0 Å². The van der Waals surface area contributed by atoms with E-state index in [2.05, 4.69) is 24.1 Å². The number of halogens is 1. The van der Waals surface area contributed by atoms with Gasteiger partial charge in [0.05, 0.1) is 10.5 Å². The van der Waals surface area contributed by atoms with Gasteiger partial charge in [-0.25, -0.2) is 8.42 Å². The molecule has 3 aliphatic rings. The second-order valence-electron chi connectivity index (χ2n) is 7.96. The smallest absolute Gasteiger partial charge is 0.194 e. The molecular weight excluding hydrogens is 437 g/mol. The highest BCUT2D eigenvalue weighted by molar-refractivity contribution is 14.0. The molecule has 0 amide bonds. The molecule has 0 bridgehead atoms. The van der Waals surface area contributed by atoms with E-state index in [1.54, 1.807) is 0 Å². The lowest BCUT2D eigenvalue weighted by molar-refractivity contribution is 0.273. The summed E-state index contributed by atoms with van der Waals surface area (Å²) in [5.41, 5.74) is 0.380. The third-order valence-electron chi connectivity index (χ3n) is 5.88. The van der Waals surface area contributed by atoms with E-state index < -0.39 is 14.6 Å². The summed E-state index contributed by atoms with van der Waals surface area (Å²) in [5.74, 6) is 1.19. The van der Waals surface area contributed by atoms with Crippen LogP contribution < -0.4 is 5.32 Å². The Hall–Kier alpha value is -0.0500. The van der Waals surface area contributed by atoms with Gasteiger partial charge in [0.1, 0.15) is 0 Å². The lowest BCUT2D eigenvalue weighted by Crippen LogP contribution is -2.60. The first-order valence-corrected chi connectivity index (χ1v) is 10.8. The fourth-order valence-electron chi connectivity index (χ4n) is 3.88. The standard InChI is InChI=1S/C17H31N3O2S.HI/c1-3-18-15(19-13-16(2)9-10-16)20-11-12-23(21,22)17(14-20)7-5-4-6-8-17;/h3-14H2,1-2H3,(H,18,19);1H. The largest absolute Gasteiger partial charge is 0.357 e. The molecule has 2 aliphatic carbocycles. The van der Waals surface area contributed by atoms with E-state index in [-0.39, 0.29) is 29.7 Å². The highest BCUT2D eigenvalue weighted by Gasteiger charge is 2.49. The van der Waals surface area contributed by atoms with Crippen molar-refractivity contribution in [2.75, 3.05) is 31.9 Å². The molecule has 0 atom stereocenters. The molecule has 0 aromatic carbocycles. The van der Waals surface area contributed by atoms with Crippen LogP contribution in [-0.4, -0.2) is 56.0 Å². The van der Waals surface area contributed by atoms with E-state index in [1.165, 1.54) is 19.3 Å². The first kappa shape index (κ1) is 20.3. The third-order valence-corrected chi connectivity index (χ3v) is 8.46. The molecule has 0 unspecified atom stereocenters. The normalized spacial score (nSPS) is 27.4. The van der Waals surface area contributed by atoms with Crippen LogP contribution in [0.2, 0.25) is 0 Å². The number of nitrogens with zero attached hydrogens (tertiary/aromatic N) is 2. The van der Waals surface area contributed by atoms with Gasteiger partial charge < -0.3 is 10.2 Å². The highest BCUT2D eigenvalue weighted by Crippen LogP contribution is 2.45. The van der Waals surface area contributed by atoms with Gasteiger partial charge in [0, 0.05) is 26.2 Å². The van der Waals surface area contributed by atoms with Crippen molar-refractivity contribution < 1.29 is 8.42 Å². The monoisotopic (exact) mass is 469 g/mol. The molecule has 1 N–H and O–H groups in total. The first-order valence-electron chi connectivity index (χ1n) is 9.15.